The first kappa shape index (κ1) is 41.5. The molecule has 14 nitrogen and oxygen atoms in total. The van der Waals surface area contributed by atoms with Crippen molar-refractivity contribution in [2.75, 3.05) is 13.2 Å². The van der Waals surface area contributed by atoms with Crippen molar-refractivity contribution < 1.29 is 57.1 Å². The van der Waals surface area contributed by atoms with Crippen LogP contribution in [0.15, 0.2) is 91.0 Å². The Morgan fingerprint density at radius 1 is 0.618 bits per heavy atom. The van der Waals surface area contributed by atoms with Gasteiger partial charge in [0.1, 0.15) is 43.1 Å². The molecule has 5 rings (SSSR count). The van der Waals surface area contributed by atoms with Crippen molar-refractivity contribution in [2.45, 2.75) is 109 Å². The number of nitrogens with one attached hydrogen (secondary N) is 2. The Morgan fingerprint density at radius 2 is 1.16 bits per heavy atom. The minimum Gasteiger partial charge on any atom is -0.463 e. The molecule has 2 heterocycles. The molecule has 0 aromatic heterocycles. The van der Waals surface area contributed by atoms with Gasteiger partial charge in [0.15, 0.2) is 12.6 Å². The molecule has 2 fully saturated rings. The van der Waals surface area contributed by atoms with Gasteiger partial charge in [0, 0.05) is 34.1 Å². The lowest BCUT2D eigenvalue weighted by atomic mass is 9.94. The van der Waals surface area contributed by atoms with Crippen LogP contribution in [0.5, 0.6) is 0 Å². The van der Waals surface area contributed by atoms with Crippen LogP contribution >= 0.6 is 0 Å². The van der Waals surface area contributed by atoms with Gasteiger partial charge in [-0.05, 0) is 16.7 Å². The van der Waals surface area contributed by atoms with E-state index in [0.717, 1.165) is 16.7 Å². The maximum atomic E-state index is 12.8. The van der Waals surface area contributed by atoms with E-state index >= 15 is 0 Å². The molecule has 55 heavy (non-hydrogen) atoms. The maximum absolute atomic E-state index is 12.8. The second-order valence-electron chi connectivity index (χ2n) is 13.5. The van der Waals surface area contributed by atoms with Gasteiger partial charge in [0.2, 0.25) is 11.8 Å². The summed E-state index contributed by atoms with van der Waals surface area (Å²) in [6.07, 6.45) is -6.80. The monoisotopic (exact) mass is 762 g/mol. The van der Waals surface area contributed by atoms with Gasteiger partial charge in [-0.3, -0.25) is 19.2 Å². The van der Waals surface area contributed by atoms with E-state index in [0.29, 0.717) is 0 Å². The third-order valence-corrected chi connectivity index (χ3v) is 8.92. The predicted molar refractivity (Wildman–Crippen MR) is 197 cm³/mol. The Kier molecular flexibility index (Phi) is 15.7. The maximum Gasteiger partial charge on any atom is 0.302 e. The summed E-state index contributed by atoms with van der Waals surface area (Å²) in [4.78, 5) is 49.5. The molecule has 2 saturated heterocycles. The molecule has 9 unspecified atom stereocenters. The molecular formula is C41H50N2O12. The zero-order valence-electron chi connectivity index (χ0n) is 31.5. The van der Waals surface area contributed by atoms with E-state index in [1.165, 1.54) is 27.7 Å². The summed E-state index contributed by atoms with van der Waals surface area (Å²) in [6, 6.07) is 26.7. The quantitative estimate of drug-likeness (QED) is 0.192. The number of carbonyl (C=O) groups is 4. The summed E-state index contributed by atoms with van der Waals surface area (Å²) in [6.45, 7) is 5.59. The molecule has 0 radical (unpaired) electrons. The van der Waals surface area contributed by atoms with Crippen LogP contribution in [0.2, 0.25) is 0 Å². The van der Waals surface area contributed by atoms with Crippen LogP contribution in [-0.4, -0.2) is 92.2 Å². The highest BCUT2D eigenvalue weighted by Gasteiger charge is 2.52. The molecule has 2 aliphatic heterocycles. The van der Waals surface area contributed by atoms with Crippen LogP contribution in [-0.2, 0) is 76.9 Å². The Labute approximate surface area is 321 Å². The van der Waals surface area contributed by atoms with E-state index in [1.54, 1.807) is 0 Å². The molecule has 0 spiro atoms. The van der Waals surface area contributed by atoms with Gasteiger partial charge < -0.3 is 48.5 Å². The Hall–Kier alpha value is -4.70. The van der Waals surface area contributed by atoms with E-state index in [2.05, 4.69) is 10.6 Å². The SMILES string of the molecule is CC(=O)NC1C(OC(C)=O)CC(COC(C)=O)OC1OC1C(COCc2ccccc2)OC(OCc2ccccc2)C(NC(C)=O)C1OCc1ccccc1. The number of esters is 2. The number of hydrogen-bond acceptors (Lipinski definition) is 12. The lowest BCUT2D eigenvalue weighted by Gasteiger charge is -2.49. The Bertz CT molecular complexity index is 1660. The van der Waals surface area contributed by atoms with Crippen molar-refractivity contribution in [1.29, 1.82) is 0 Å². The fourth-order valence-electron chi connectivity index (χ4n) is 6.55. The van der Waals surface area contributed by atoms with Crippen LogP contribution in [0.3, 0.4) is 0 Å². The zero-order valence-corrected chi connectivity index (χ0v) is 31.5. The second-order valence-corrected chi connectivity index (χ2v) is 13.5. The summed E-state index contributed by atoms with van der Waals surface area (Å²) in [5.74, 6) is -1.91. The standard InChI is InChI=1S/C41H50N2O12/c1-26(44)42-36-34(52-29(4)47)20-33(24-49-28(3)46)53-41(36)55-38-35(25-48-21-30-14-8-5-9-15-30)54-40(51-23-32-18-12-7-13-19-32)37(43-27(2)45)39(38)50-22-31-16-10-6-11-17-31/h5-19,33-41H,20-25H2,1-4H3,(H,42,44)(H,43,45). The molecule has 14 heteroatoms. The van der Waals surface area contributed by atoms with Crippen molar-refractivity contribution >= 4 is 23.8 Å². The predicted octanol–water partition coefficient (Wildman–Crippen LogP) is 3.73. The molecule has 3 aromatic rings. The third-order valence-electron chi connectivity index (χ3n) is 8.92. The van der Waals surface area contributed by atoms with Gasteiger partial charge in [-0.15, -0.1) is 0 Å². The fraction of sp³-hybridized carbons (Fsp3) is 0.463. The molecule has 0 aliphatic carbocycles. The van der Waals surface area contributed by atoms with Crippen molar-refractivity contribution in [1.82, 2.24) is 10.6 Å². The summed E-state index contributed by atoms with van der Waals surface area (Å²) in [5.41, 5.74) is 2.67. The van der Waals surface area contributed by atoms with Gasteiger partial charge >= 0.3 is 11.9 Å². The Balaban J connectivity index is 1.53. The average molecular weight is 763 g/mol. The van der Waals surface area contributed by atoms with Crippen molar-refractivity contribution in [2.24, 2.45) is 0 Å². The molecule has 0 saturated carbocycles. The highest BCUT2D eigenvalue weighted by atomic mass is 16.7. The fourth-order valence-corrected chi connectivity index (χ4v) is 6.55. The van der Waals surface area contributed by atoms with E-state index in [9.17, 15) is 19.2 Å². The van der Waals surface area contributed by atoms with Gasteiger partial charge in [-0.2, -0.15) is 0 Å². The van der Waals surface area contributed by atoms with E-state index < -0.39 is 73.0 Å². The largest absolute Gasteiger partial charge is 0.463 e. The minimum absolute atomic E-state index is 0.00940. The average Bonchev–Trinajstić information content (AvgIpc) is 3.15. The van der Waals surface area contributed by atoms with Crippen molar-refractivity contribution in [3.05, 3.63) is 108 Å². The van der Waals surface area contributed by atoms with E-state index in [-0.39, 0.29) is 45.4 Å². The number of amides is 2. The van der Waals surface area contributed by atoms with Gasteiger partial charge in [0.25, 0.3) is 0 Å². The second kappa shape index (κ2) is 20.8. The topological polar surface area (TPSA) is 166 Å². The summed E-state index contributed by atoms with van der Waals surface area (Å²) < 4.78 is 50.1. The van der Waals surface area contributed by atoms with Crippen LogP contribution in [0.1, 0.15) is 50.8 Å². The number of ether oxygens (including phenoxy) is 8. The first-order valence-electron chi connectivity index (χ1n) is 18.3. The van der Waals surface area contributed by atoms with Crippen molar-refractivity contribution in [3.8, 4) is 0 Å². The smallest absolute Gasteiger partial charge is 0.302 e. The first-order chi connectivity index (χ1) is 26.5. The number of benzene rings is 3. The summed E-state index contributed by atoms with van der Waals surface area (Å²) >= 11 is 0. The van der Waals surface area contributed by atoms with Crippen LogP contribution in [0.4, 0.5) is 0 Å². The van der Waals surface area contributed by atoms with Gasteiger partial charge in [0.05, 0.1) is 32.5 Å². The zero-order chi connectivity index (χ0) is 39.2. The molecule has 9 atom stereocenters. The molecular weight excluding hydrogens is 712 g/mol. The number of hydrogen-bond donors (Lipinski definition) is 2. The number of carbonyl (C=O) groups excluding carboxylic acids is 4. The third kappa shape index (κ3) is 12.9. The van der Waals surface area contributed by atoms with E-state index in [4.69, 9.17) is 37.9 Å². The van der Waals surface area contributed by atoms with Crippen LogP contribution in [0.25, 0.3) is 0 Å². The van der Waals surface area contributed by atoms with Crippen LogP contribution in [0, 0.1) is 0 Å². The summed E-state index contributed by atoms with van der Waals surface area (Å²) in [7, 11) is 0. The molecule has 2 aliphatic rings. The van der Waals surface area contributed by atoms with Crippen LogP contribution < -0.4 is 10.6 Å². The van der Waals surface area contributed by atoms with E-state index in [1.807, 2.05) is 91.0 Å². The summed E-state index contributed by atoms with van der Waals surface area (Å²) in [5, 5.41) is 5.80. The lowest BCUT2D eigenvalue weighted by Crippen LogP contribution is -2.68. The molecule has 0 bridgehead atoms. The highest BCUT2D eigenvalue weighted by molar-refractivity contribution is 5.74. The number of rotatable bonds is 17. The highest BCUT2D eigenvalue weighted by Crippen LogP contribution is 2.33. The molecule has 2 N–H and O–H groups in total. The lowest BCUT2D eigenvalue weighted by molar-refractivity contribution is -0.331. The minimum atomic E-state index is -1.28. The Morgan fingerprint density at radius 3 is 1.71 bits per heavy atom. The first-order valence-corrected chi connectivity index (χ1v) is 18.3. The molecule has 3 aromatic carbocycles. The van der Waals surface area contributed by atoms with Gasteiger partial charge in [-0.1, -0.05) is 91.0 Å². The normalized spacial score (nSPS) is 26.4. The molecule has 2 amide bonds. The van der Waals surface area contributed by atoms with Crippen molar-refractivity contribution in [3.63, 3.8) is 0 Å². The molecule has 296 valence electrons. The van der Waals surface area contributed by atoms with Gasteiger partial charge in [-0.25, -0.2) is 0 Å².